The molecule has 0 aliphatic carbocycles. The van der Waals surface area contributed by atoms with E-state index in [1.165, 1.54) is 32.4 Å². The molecule has 1 fully saturated rings. The molecule has 1 aliphatic rings. The number of hydrogen-bond acceptors (Lipinski definition) is 3. The number of nitrogens with zero attached hydrogens (tertiary/aromatic N) is 2. The molecule has 0 spiro atoms. The van der Waals surface area contributed by atoms with Gasteiger partial charge in [0.25, 0.3) is 0 Å². The Morgan fingerprint density at radius 2 is 2.20 bits per heavy atom. The van der Waals surface area contributed by atoms with Gasteiger partial charge >= 0.3 is 0 Å². The van der Waals surface area contributed by atoms with Crippen molar-refractivity contribution in [3.05, 3.63) is 11.8 Å². The summed E-state index contributed by atoms with van der Waals surface area (Å²) in [6, 6.07) is 0. The lowest BCUT2D eigenvalue weighted by Crippen LogP contribution is -2.33. The maximum atomic E-state index is 5.60. The van der Waals surface area contributed by atoms with Crippen LogP contribution in [0.4, 0.5) is 0 Å². The van der Waals surface area contributed by atoms with Gasteiger partial charge < -0.3 is 4.74 Å². The summed E-state index contributed by atoms with van der Waals surface area (Å²) in [5.74, 6) is 0.743. The predicted octanol–water partition coefficient (Wildman–Crippen LogP) is 1.58. The molecule has 4 nitrogen and oxygen atoms in total. The standard InChI is InChI=1S/C11H19N3O/c1-10-9-12-13-11(10)15-8-7-14-5-3-2-4-6-14/h9H,2-8H2,1H3,(H,12,13). The van der Waals surface area contributed by atoms with E-state index in [0.717, 1.165) is 24.6 Å². The third kappa shape index (κ3) is 2.96. The van der Waals surface area contributed by atoms with Crippen LogP contribution in [-0.2, 0) is 0 Å². The summed E-state index contributed by atoms with van der Waals surface area (Å²) < 4.78 is 5.60. The molecule has 0 atom stereocenters. The predicted molar refractivity (Wildman–Crippen MR) is 59.1 cm³/mol. The van der Waals surface area contributed by atoms with E-state index in [1.54, 1.807) is 0 Å². The summed E-state index contributed by atoms with van der Waals surface area (Å²) in [6.07, 6.45) is 5.91. The van der Waals surface area contributed by atoms with Gasteiger partial charge in [-0.05, 0) is 32.9 Å². The van der Waals surface area contributed by atoms with Gasteiger partial charge in [0.05, 0.1) is 0 Å². The van der Waals surface area contributed by atoms with Gasteiger partial charge in [-0.2, -0.15) is 0 Å². The number of aryl methyl sites for hydroxylation is 1. The first-order valence-electron chi connectivity index (χ1n) is 5.72. The van der Waals surface area contributed by atoms with Crippen LogP contribution in [0.1, 0.15) is 24.8 Å². The zero-order valence-electron chi connectivity index (χ0n) is 9.33. The van der Waals surface area contributed by atoms with Crippen LogP contribution in [0.2, 0.25) is 0 Å². The highest BCUT2D eigenvalue weighted by Crippen LogP contribution is 2.12. The van der Waals surface area contributed by atoms with Gasteiger partial charge in [-0.15, -0.1) is 5.10 Å². The Morgan fingerprint density at radius 1 is 1.40 bits per heavy atom. The fourth-order valence-electron chi connectivity index (χ4n) is 1.94. The lowest BCUT2D eigenvalue weighted by atomic mass is 10.1. The molecule has 0 radical (unpaired) electrons. The second kappa shape index (κ2) is 5.16. The smallest absolute Gasteiger partial charge is 0.235 e. The van der Waals surface area contributed by atoms with E-state index in [9.17, 15) is 0 Å². The Balaban J connectivity index is 1.68. The summed E-state index contributed by atoms with van der Waals surface area (Å²) >= 11 is 0. The molecule has 1 N–H and O–H groups in total. The highest BCUT2D eigenvalue weighted by Gasteiger charge is 2.10. The lowest BCUT2D eigenvalue weighted by Gasteiger charge is -2.25. The van der Waals surface area contributed by atoms with Crippen LogP contribution in [0.25, 0.3) is 0 Å². The van der Waals surface area contributed by atoms with Crippen molar-refractivity contribution in [2.45, 2.75) is 26.2 Å². The van der Waals surface area contributed by atoms with E-state index >= 15 is 0 Å². The van der Waals surface area contributed by atoms with Crippen molar-refractivity contribution in [2.75, 3.05) is 26.2 Å². The number of H-pyrrole nitrogens is 1. The molecule has 15 heavy (non-hydrogen) atoms. The average molecular weight is 209 g/mol. The third-order valence-electron chi connectivity index (χ3n) is 2.88. The molecule has 1 aromatic rings. The second-order valence-electron chi connectivity index (χ2n) is 4.12. The van der Waals surface area contributed by atoms with E-state index < -0.39 is 0 Å². The fraction of sp³-hybridized carbons (Fsp3) is 0.727. The van der Waals surface area contributed by atoms with Crippen LogP contribution in [-0.4, -0.2) is 41.3 Å². The molecule has 2 rings (SSSR count). The minimum Gasteiger partial charge on any atom is -0.475 e. The first-order valence-corrected chi connectivity index (χ1v) is 5.72. The minimum atomic E-state index is 0.742. The summed E-state index contributed by atoms with van der Waals surface area (Å²) in [7, 11) is 0. The Hall–Kier alpha value is -1.03. The summed E-state index contributed by atoms with van der Waals surface area (Å²) in [5, 5.41) is 6.83. The molecule has 2 heterocycles. The van der Waals surface area contributed by atoms with Gasteiger partial charge in [-0.3, -0.25) is 10.00 Å². The normalized spacial score (nSPS) is 17.9. The first kappa shape index (κ1) is 10.5. The number of likely N-dealkylation sites (tertiary alicyclic amines) is 1. The maximum absolute atomic E-state index is 5.60. The van der Waals surface area contributed by atoms with E-state index in [-0.39, 0.29) is 0 Å². The van der Waals surface area contributed by atoms with Gasteiger partial charge in [-0.25, -0.2) is 0 Å². The van der Waals surface area contributed by atoms with Crippen LogP contribution in [0.15, 0.2) is 6.20 Å². The molecule has 84 valence electrons. The van der Waals surface area contributed by atoms with Gasteiger partial charge in [0.1, 0.15) is 6.61 Å². The van der Waals surface area contributed by atoms with E-state index in [2.05, 4.69) is 15.1 Å². The Labute approximate surface area is 90.6 Å². The molecule has 1 saturated heterocycles. The quantitative estimate of drug-likeness (QED) is 0.818. The molecule has 0 aromatic carbocycles. The summed E-state index contributed by atoms with van der Waals surface area (Å²) in [5.41, 5.74) is 1.08. The van der Waals surface area contributed by atoms with Crippen molar-refractivity contribution in [2.24, 2.45) is 0 Å². The molecule has 0 amide bonds. The summed E-state index contributed by atoms with van der Waals surface area (Å²) in [6.45, 7) is 6.21. The molecule has 0 saturated carbocycles. The molecule has 0 unspecified atom stereocenters. The van der Waals surface area contributed by atoms with Crippen LogP contribution in [0.5, 0.6) is 5.88 Å². The molecule has 1 aromatic heterocycles. The second-order valence-corrected chi connectivity index (χ2v) is 4.12. The fourth-order valence-corrected chi connectivity index (χ4v) is 1.94. The third-order valence-corrected chi connectivity index (χ3v) is 2.88. The summed E-state index contributed by atoms with van der Waals surface area (Å²) in [4.78, 5) is 2.46. The number of hydrogen-bond donors (Lipinski definition) is 1. The van der Waals surface area contributed by atoms with Gasteiger partial charge in [0.15, 0.2) is 0 Å². The topological polar surface area (TPSA) is 41.1 Å². The SMILES string of the molecule is Cc1c[nH]nc1OCCN1CCCCC1. The van der Waals surface area contributed by atoms with Crippen LogP contribution in [0, 0.1) is 6.92 Å². The van der Waals surface area contributed by atoms with Gasteiger partial charge in [0, 0.05) is 18.3 Å². The Bertz CT molecular complexity index is 292. The Morgan fingerprint density at radius 3 is 2.87 bits per heavy atom. The number of piperidine rings is 1. The minimum absolute atomic E-state index is 0.742. The van der Waals surface area contributed by atoms with Crippen molar-refractivity contribution >= 4 is 0 Å². The van der Waals surface area contributed by atoms with E-state index in [0.29, 0.717) is 0 Å². The number of aromatic amines is 1. The molecule has 1 aliphatic heterocycles. The van der Waals surface area contributed by atoms with E-state index in [1.807, 2.05) is 13.1 Å². The van der Waals surface area contributed by atoms with Gasteiger partial charge in [-0.1, -0.05) is 6.42 Å². The number of nitrogens with one attached hydrogen (secondary N) is 1. The monoisotopic (exact) mass is 209 g/mol. The molecular weight excluding hydrogens is 190 g/mol. The van der Waals surface area contributed by atoms with Crippen LogP contribution < -0.4 is 4.74 Å². The number of aromatic nitrogens is 2. The van der Waals surface area contributed by atoms with Crippen molar-refractivity contribution in [1.82, 2.24) is 15.1 Å². The zero-order valence-corrected chi connectivity index (χ0v) is 9.33. The van der Waals surface area contributed by atoms with Crippen molar-refractivity contribution < 1.29 is 4.74 Å². The Kier molecular flexibility index (Phi) is 3.61. The highest BCUT2D eigenvalue weighted by molar-refractivity contribution is 5.19. The lowest BCUT2D eigenvalue weighted by molar-refractivity contribution is 0.180. The van der Waals surface area contributed by atoms with E-state index in [4.69, 9.17) is 4.74 Å². The van der Waals surface area contributed by atoms with Crippen LogP contribution in [0.3, 0.4) is 0 Å². The maximum Gasteiger partial charge on any atom is 0.235 e. The largest absolute Gasteiger partial charge is 0.475 e. The van der Waals surface area contributed by atoms with Crippen molar-refractivity contribution in [3.8, 4) is 5.88 Å². The zero-order chi connectivity index (χ0) is 10.5. The average Bonchev–Trinajstić information content (AvgIpc) is 2.66. The number of rotatable bonds is 4. The molecule has 0 bridgehead atoms. The molecule has 4 heteroatoms. The number of ether oxygens (including phenoxy) is 1. The van der Waals surface area contributed by atoms with Crippen LogP contribution >= 0.6 is 0 Å². The molecular formula is C11H19N3O. The van der Waals surface area contributed by atoms with Crippen molar-refractivity contribution in [1.29, 1.82) is 0 Å². The highest BCUT2D eigenvalue weighted by atomic mass is 16.5. The van der Waals surface area contributed by atoms with Gasteiger partial charge in [0.2, 0.25) is 5.88 Å². The van der Waals surface area contributed by atoms with Crippen molar-refractivity contribution in [3.63, 3.8) is 0 Å². The first-order chi connectivity index (χ1) is 7.36.